The number of hydrogen-bond acceptors (Lipinski definition) is 1. The van der Waals surface area contributed by atoms with Gasteiger partial charge in [0.2, 0.25) is 0 Å². The molecule has 0 heterocycles. The summed E-state index contributed by atoms with van der Waals surface area (Å²) in [4.78, 5) is 10.3. The second kappa shape index (κ2) is 5.22. The van der Waals surface area contributed by atoms with E-state index >= 15 is 0 Å². The monoisotopic (exact) mass is 190 g/mol. The van der Waals surface area contributed by atoms with E-state index in [0.29, 0.717) is 0 Å². The van der Waals surface area contributed by atoms with Crippen molar-refractivity contribution in [1.82, 2.24) is 0 Å². The number of carboxylic acid groups (broad SMARTS) is 1. The standard InChI is InChI=1S/C12H14O2/c1-10(6-5-9-12(13)14)11-7-3-2-4-8-11/h2-8,10H,9H2,1H3,(H,13,14). The predicted molar refractivity (Wildman–Crippen MR) is 56.2 cm³/mol. The van der Waals surface area contributed by atoms with Crippen molar-refractivity contribution in [3.63, 3.8) is 0 Å². The molecule has 0 aliphatic heterocycles. The summed E-state index contributed by atoms with van der Waals surface area (Å²) in [5, 5.41) is 8.45. The topological polar surface area (TPSA) is 37.3 Å². The van der Waals surface area contributed by atoms with Gasteiger partial charge in [-0.1, -0.05) is 49.4 Å². The lowest BCUT2D eigenvalue weighted by atomic mass is 10.0. The van der Waals surface area contributed by atoms with Crippen molar-refractivity contribution in [2.75, 3.05) is 0 Å². The molecule has 0 saturated heterocycles. The smallest absolute Gasteiger partial charge is 0.307 e. The molecule has 0 spiro atoms. The van der Waals surface area contributed by atoms with Gasteiger partial charge in [0.05, 0.1) is 6.42 Å². The molecule has 1 aromatic rings. The fraction of sp³-hybridized carbons (Fsp3) is 0.250. The Hall–Kier alpha value is -1.57. The number of allylic oxidation sites excluding steroid dienone is 1. The normalized spacial score (nSPS) is 12.9. The Bertz CT molecular complexity index is 314. The minimum absolute atomic E-state index is 0.0944. The Labute approximate surface area is 83.9 Å². The molecule has 1 N–H and O–H groups in total. The second-order valence-electron chi connectivity index (χ2n) is 3.23. The number of carbonyl (C=O) groups is 1. The van der Waals surface area contributed by atoms with E-state index in [0.717, 1.165) is 0 Å². The molecule has 74 valence electrons. The first-order chi connectivity index (χ1) is 6.70. The molecule has 0 radical (unpaired) electrons. The molecule has 1 atom stereocenters. The van der Waals surface area contributed by atoms with Crippen LogP contribution < -0.4 is 0 Å². The molecule has 14 heavy (non-hydrogen) atoms. The Morgan fingerprint density at radius 1 is 1.43 bits per heavy atom. The first kappa shape index (κ1) is 10.5. The van der Waals surface area contributed by atoms with Crippen LogP contribution in [0.4, 0.5) is 0 Å². The van der Waals surface area contributed by atoms with Crippen molar-refractivity contribution >= 4 is 5.97 Å². The summed E-state index contributed by atoms with van der Waals surface area (Å²) < 4.78 is 0. The van der Waals surface area contributed by atoms with Crippen molar-refractivity contribution in [3.8, 4) is 0 Å². The van der Waals surface area contributed by atoms with Gasteiger partial charge < -0.3 is 5.11 Å². The fourth-order valence-electron chi connectivity index (χ4n) is 1.24. The minimum Gasteiger partial charge on any atom is -0.481 e. The van der Waals surface area contributed by atoms with Gasteiger partial charge in [-0.2, -0.15) is 0 Å². The summed E-state index contributed by atoms with van der Waals surface area (Å²) in [6.45, 7) is 2.05. The highest BCUT2D eigenvalue weighted by Crippen LogP contribution is 2.15. The Morgan fingerprint density at radius 3 is 2.64 bits per heavy atom. The molecule has 0 saturated carbocycles. The average Bonchev–Trinajstić information content (AvgIpc) is 2.18. The third-order valence-corrected chi connectivity index (χ3v) is 2.04. The van der Waals surface area contributed by atoms with Crippen molar-refractivity contribution < 1.29 is 9.90 Å². The maximum Gasteiger partial charge on any atom is 0.307 e. The van der Waals surface area contributed by atoms with E-state index < -0.39 is 5.97 Å². The summed E-state index contributed by atoms with van der Waals surface area (Å²) in [5.74, 6) is -0.517. The molecule has 1 aromatic carbocycles. The van der Waals surface area contributed by atoms with Gasteiger partial charge in [0.25, 0.3) is 0 Å². The van der Waals surface area contributed by atoms with Crippen molar-refractivity contribution in [3.05, 3.63) is 48.0 Å². The van der Waals surface area contributed by atoms with Crippen LogP contribution in [-0.4, -0.2) is 11.1 Å². The van der Waals surface area contributed by atoms with Crippen molar-refractivity contribution in [2.45, 2.75) is 19.3 Å². The molecule has 1 unspecified atom stereocenters. The number of benzene rings is 1. The fourth-order valence-corrected chi connectivity index (χ4v) is 1.24. The minimum atomic E-state index is -0.790. The Morgan fingerprint density at radius 2 is 2.07 bits per heavy atom. The number of carboxylic acids is 1. The molecule has 0 aromatic heterocycles. The summed E-state index contributed by atoms with van der Waals surface area (Å²) >= 11 is 0. The summed E-state index contributed by atoms with van der Waals surface area (Å²) in [6, 6.07) is 10.0. The van der Waals surface area contributed by atoms with E-state index in [9.17, 15) is 4.79 Å². The maximum absolute atomic E-state index is 10.3. The van der Waals surface area contributed by atoms with Crippen LogP contribution in [0.5, 0.6) is 0 Å². The van der Waals surface area contributed by atoms with E-state index in [1.54, 1.807) is 6.08 Å². The van der Waals surface area contributed by atoms with Crippen molar-refractivity contribution in [2.24, 2.45) is 0 Å². The van der Waals surface area contributed by atoms with E-state index in [4.69, 9.17) is 5.11 Å². The molecule has 1 rings (SSSR count). The van der Waals surface area contributed by atoms with E-state index in [1.165, 1.54) is 5.56 Å². The first-order valence-electron chi connectivity index (χ1n) is 4.63. The van der Waals surface area contributed by atoms with Crippen LogP contribution >= 0.6 is 0 Å². The lowest BCUT2D eigenvalue weighted by Crippen LogP contribution is -1.92. The third kappa shape index (κ3) is 3.44. The zero-order valence-corrected chi connectivity index (χ0v) is 8.18. The summed E-state index contributed by atoms with van der Waals surface area (Å²) in [6.07, 6.45) is 3.71. The Kier molecular flexibility index (Phi) is 3.92. The quantitative estimate of drug-likeness (QED) is 0.741. The third-order valence-electron chi connectivity index (χ3n) is 2.04. The highest BCUT2D eigenvalue weighted by atomic mass is 16.4. The molecule has 0 fully saturated rings. The van der Waals surface area contributed by atoms with Gasteiger partial charge in [-0.3, -0.25) is 4.79 Å². The van der Waals surface area contributed by atoms with E-state index in [2.05, 4.69) is 0 Å². The number of hydrogen-bond donors (Lipinski definition) is 1. The molecular weight excluding hydrogens is 176 g/mol. The summed E-state index contributed by atoms with van der Waals surface area (Å²) in [7, 11) is 0. The van der Waals surface area contributed by atoms with Gasteiger partial charge in [-0.15, -0.1) is 0 Å². The predicted octanol–water partition coefficient (Wildman–Crippen LogP) is 2.82. The summed E-state index contributed by atoms with van der Waals surface area (Å²) in [5.41, 5.74) is 1.20. The SMILES string of the molecule is CC(C=CCC(=O)O)c1ccccc1. The molecule has 0 amide bonds. The molecule has 2 nitrogen and oxygen atoms in total. The first-order valence-corrected chi connectivity index (χ1v) is 4.63. The zero-order valence-electron chi connectivity index (χ0n) is 8.18. The van der Waals surface area contributed by atoms with Gasteiger partial charge in [0.15, 0.2) is 0 Å². The molecular formula is C12H14O2. The zero-order chi connectivity index (χ0) is 10.4. The van der Waals surface area contributed by atoms with Gasteiger partial charge in [-0.05, 0) is 11.5 Å². The van der Waals surface area contributed by atoms with Crippen molar-refractivity contribution in [1.29, 1.82) is 0 Å². The van der Waals surface area contributed by atoms with Crippen LogP contribution in [0.2, 0.25) is 0 Å². The van der Waals surface area contributed by atoms with Crippen LogP contribution in [0.25, 0.3) is 0 Å². The molecule has 2 heteroatoms. The van der Waals surface area contributed by atoms with E-state index in [-0.39, 0.29) is 12.3 Å². The maximum atomic E-state index is 10.3. The lowest BCUT2D eigenvalue weighted by molar-refractivity contribution is -0.136. The van der Waals surface area contributed by atoms with Crippen LogP contribution in [0.1, 0.15) is 24.8 Å². The van der Waals surface area contributed by atoms with Gasteiger partial charge in [0, 0.05) is 0 Å². The van der Waals surface area contributed by atoms with Gasteiger partial charge >= 0.3 is 5.97 Å². The van der Waals surface area contributed by atoms with E-state index in [1.807, 2.05) is 43.3 Å². The largest absolute Gasteiger partial charge is 0.481 e. The highest BCUT2D eigenvalue weighted by Gasteiger charge is 1.99. The van der Waals surface area contributed by atoms with Crippen LogP contribution in [0, 0.1) is 0 Å². The Balaban J connectivity index is 2.54. The molecule has 0 aliphatic rings. The van der Waals surface area contributed by atoms with Crippen LogP contribution in [0.3, 0.4) is 0 Å². The highest BCUT2D eigenvalue weighted by molar-refractivity contribution is 5.68. The average molecular weight is 190 g/mol. The van der Waals surface area contributed by atoms with Crippen LogP contribution in [-0.2, 0) is 4.79 Å². The molecule has 0 bridgehead atoms. The van der Waals surface area contributed by atoms with Crippen LogP contribution in [0.15, 0.2) is 42.5 Å². The number of aliphatic carboxylic acids is 1. The lowest BCUT2D eigenvalue weighted by Gasteiger charge is -2.05. The second-order valence-corrected chi connectivity index (χ2v) is 3.23. The number of rotatable bonds is 4. The molecule has 0 aliphatic carbocycles. The van der Waals surface area contributed by atoms with Gasteiger partial charge in [0.1, 0.15) is 0 Å². The van der Waals surface area contributed by atoms with Gasteiger partial charge in [-0.25, -0.2) is 0 Å².